The van der Waals surface area contributed by atoms with Crippen LogP contribution in [0.2, 0.25) is 0 Å². The molecule has 0 atom stereocenters. The Labute approximate surface area is 87.0 Å². The van der Waals surface area contributed by atoms with Gasteiger partial charge in [0.05, 0.1) is 0 Å². The molecule has 2 N–H and O–H groups in total. The average Bonchev–Trinajstić information content (AvgIpc) is 1.98. The highest BCUT2D eigenvalue weighted by molar-refractivity contribution is 5.79. The molecule has 1 aliphatic rings. The third kappa shape index (κ3) is 4.64. The average molecular weight is 223 g/mol. The first-order valence-corrected chi connectivity index (χ1v) is 5.18. The van der Waals surface area contributed by atoms with Crippen LogP contribution in [0.4, 0.5) is 13.2 Å². The second kappa shape index (κ2) is 4.51. The van der Waals surface area contributed by atoms with E-state index in [9.17, 15) is 18.0 Å². The number of carbonyl (C=O) groups excluding carboxylic acids is 1. The summed E-state index contributed by atoms with van der Waals surface area (Å²) in [6, 6.07) is 0. The van der Waals surface area contributed by atoms with Crippen LogP contribution in [0.5, 0.6) is 0 Å². The van der Waals surface area contributed by atoms with Gasteiger partial charge in [0.1, 0.15) is 5.78 Å². The van der Waals surface area contributed by atoms with Gasteiger partial charge in [-0.2, -0.15) is 13.2 Å². The fraction of sp³-hybridized carbons (Fsp3) is 0.900. The van der Waals surface area contributed by atoms with Crippen molar-refractivity contribution in [2.75, 3.05) is 0 Å². The van der Waals surface area contributed by atoms with E-state index in [-0.39, 0.29) is 25.0 Å². The predicted molar refractivity (Wildman–Crippen MR) is 50.3 cm³/mol. The summed E-state index contributed by atoms with van der Waals surface area (Å²) in [6.07, 6.45) is -2.25. The van der Waals surface area contributed by atoms with Crippen molar-refractivity contribution in [3.8, 4) is 0 Å². The van der Waals surface area contributed by atoms with Gasteiger partial charge in [-0.25, -0.2) is 0 Å². The van der Waals surface area contributed by atoms with Gasteiger partial charge in [0.25, 0.3) is 0 Å². The molecule has 0 aliphatic heterocycles. The molecule has 0 heterocycles. The van der Waals surface area contributed by atoms with Crippen molar-refractivity contribution in [3.63, 3.8) is 0 Å². The number of carbonyl (C=O) groups is 1. The van der Waals surface area contributed by atoms with Gasteiger partial charge in [0, 0.05) is 24.8 Å². The van der Waals surface area contributed by atoms with Crippen molar-refractivity contribution >= 4 is 5.78 Å². The molecule has 0 unspecified atom stereocenters. The summed E-state index contributed by atoms with van der Waals surface area (Å²) in [5.74, 6) is -0.138. The first kappa shape index (κ1) is 12.5. The molecular weight excluding hydrogens is 207 g/mol. The minimum atomic E-state index is -4.16. The lowest BCUT2D eigenvalue weighted by Gasteiger charge is -2.37. The number of nitrogens with two attached hydrogens (primary N) is 1. The zero-order valence-corrected chi connectivity index (χ0v) is 8.57. The molecule has 1 fully saturated rings. The van der Waals surface area contributed by atoms with Crippen molar-refractivity contribution < 1.29 is 18.0 Å². The van der Waals surface area contributed by atoms with Crippen LogP contribution in [0.15, 0.2) is 0 Å². The maximum absolute atomic E-state index is 11.8. The van der Waals surface area contributed by atoms with E-state index in [2.05, 4.69) is 0 Å². The molecule has 2 nitrogen and oxygen atoms in total. The second-order valence-corrected chi connectivity index (χ2v) is 4.40. The summed E-state index contributed by atoms with van der Waals surface area (Å²) in [6.45, 7) is 0. The van der Waals surface area contributed by atoms with E-state index in [1.54, 1.807) is 0 Å². The summed E-state index contributed by atoms with van der Waals surface area (Å²) < 4.78 is 35.4. The molecule has 15 heavy (non-hydrogen) atoms. The van der Waals surface area contributed by atoms with Gasteiger partial charge in [-0.3, -0.25) is 4.79 Å². The molecule has 0 amide bonds. The molecule has 0 radical (unpaired) electrons. The highest BCUT2D eigenvalue weighted by Crippen LogP contribution is 2.33. The van der Waals surface area contributed by atoms with Crippen LogP contribution in [0.3, 0.4) is 0 Å². The van der Waals surface area contributed by atoms with Crippen LogP contribution in [0.1, 0.15) is 44.9 Å². The van der Waals surface area contributed by atoms with E-state index in [0.29, 0.717) is 0 Å². The Kier molecular flexibility index (Phi) is 3.76. The number of rotatable bonds is 5. The lowest BCUT2D eigenvalue weighted by atomic mass is 9.74. The van der Waals surface area contributed by atoms with Gasteiger partial charge in [0.2, 0.25) is 0 Å². The molecule has 1 aliphatic carbocycles. The zero-order chi connectivity index (χ0) is 11.5. The monoisotopic (exact) mass is 223 g/mol. The summed E-state index contributed by atoms with van der Waals surface area (Å²) in [7, 11) is 0. The van der Waals surface area contributed by atoms with Crippen molar-refractivity contribution in [2.24, 2.45) is 5.73 Å². The Morgan fingerprint density at radius 1 is 1.33 bits per heavy atom. The number of Topliss-reactive ketones (excluding diaryl/α,β-unsaturated/α-hetero) is 1. The van der Waals surface area contributed by atoms with Crippen LogP contribution in [-0.4, -0.2) is 17.5 Å². The Hall–Kier alpha value is -0.580. The number of alkyl halides is 3. The van der Waals surface area contributed by atoms with Crippen LogP contribution < -0.4 is 5.73 Å². The van der Waals surface area contributed by atoms with Crippen LogP contribution in [0, 0.1) is 0 Å². The Balaban J connectivity index is 2.14. The molecule has 5 heteroatoms. The fourth-order valence-electron chi connectivity index (χ4n) is 1.77. The highest BCUT2D eigenvalue weighted by Gasteiger charge is 2.34. The molecule has 0 aromatic heterocycles. The minimum Gasteiger partial charge on any atom is -0.325 e. The number of halogens is 3. The third-order valence-electron chi connectivity index (χ3n) is 2.81. The molecule has 0 spiro atoms. The molecule has 88 valence electrons. The Bertz CT molecular complexity index is 233. The smallest absolute Gasteiger partial charge is 0.325 e. The van der Waals surface area contributed by atoms with Crippen LogP contribution >= 0.6 is 0 Å². The van der Waals surface area contributed by atoms with Crippen LogP contribution in [0.25, 0.3) is 0 Å². The van der Waals surface area contributed by atoms with Gasteiger partial charge >= 0.3 is 6.18 Å². The maximum Gasteiger partial charge on any atom is 0.389 e. The van der Waals surface area contributed by atoms with E-state index in [1.165, 1.54) is 0 Å². The molecule has 1 saturated carbocycles. The standard InChI is InChI=1S/C10H16F3NO/c11-10(12,13)6-1-3-8(15)7-9(14)4-2-5-9/h1-7,14H2. The minimum absolute atomic E-state index is 0.00153. The number of ketones is 1. The van der Waals surface area contributed by atoms with E-state index < -0.39 is 18.1 Å². The summed E-state index contributed by atoms with van der Waals surface area (Å²) >= 11 is 0. The largest absolute Gasteiger partial charge is 0.389 e. The van der Waals surface area contributed by atoms with E-state index in [1.807, 2.05) is 0 Å². The van der Waals surface area contributed by atoms with Crippen molar-refractivity contribution in [1.82, 2.24) is 0 Å². The van der Waals surface area contributed by atoms with E-state index in [0.717, 1.165) is 19.3 Å². The number of hydrogen-bond donors (Lipinski definition) is 1. The molecule has 0 aromatic rings. The lowest BCUT2D eigenvalue weighted by Crippen LogP contribution is -2.48. The highest BCUT2D eigenvalue weighted by atomic mass is 19.4. The summed E-state index contributed by atoms with van der Waals surface area (Å²) in [5.41, 5.74) is 5.41. The Morgan fingerprint density at radius 2 is 1.93 bits per heavy atom. The number of hydrogen-bond acceptors (Lipinski definition) is 2. The summed E-state index contributed by atoms with van der Waals surface area (Å²) in [5, 5.41) is 0. The zero-order valence-electron chi connectivity index (χ0n) is 8.57. The van der Waals surface area contributed by atoms with Crippen LogP contribution in [-0.2, 0) is 4.79 Å². The quantitative estimate of drug-likeness (QED) is 0.778. The normalized spacial score (nSPS) is 19.7. The van der Waals surface area contributed by atoms with Crippen molar-refractivity contribution in [3.05, 3.63) is 0 Å². The molecule has 0 saturated heterocycles. The van der Waals surface area contributed by atoms with E-state index in [4.69, 9.17) is 5.73 Å². The Morgan fingerprint density at radius 3 is 2.33 bits per heavy atom. The van der Waals surface area contributed by atoms with Gasteiger partial charge < -0.3 is 5.73 Å². The molecule has 1 rings (SSSR count). The first-order valence-electron chi connectivity index (χ1n) is 5.18. The predicted octanol–water partition coefficient (Wildman–Crippen LogP) is 2.56. The maximum atomic E-state index is 11.8. The van der Waals surface area contributed by atoms with Gasteiger partial charge in [-0.1, -0.05) is 0 Å². The van der Waals surface area contributed by atoms with Crippen molar-refractivity contribution in [2.45, 2.75) is 56.7 Å². The van der Waals surface area contributed by atoms with Gasteiger partial charge in [0.15, 0.2) is 0 Å². The van der Waals surface area contributed by atoms with E-state index >= 15 is 0 Å². The topological polar surface area (TPSA) is 43.1 Å². The molecular formula is C10H16F3NO. The van der Waals surface area contributed by atoms with Gasteiger partial charge in [-0.05, 0) is 25.7 Å². The summed E-state index contributed by atoms with van der Waals surface area (Å²) in [4.78, 5) is 11.3. The van der Waals surface area contributed by atoms with Gasteiger partial charge in [-0.15, -0.1) is 0 Å². The third-order valence-corrected chi connectivity index (χ3v) is 2.81. The fourth-order valence-corrected chi connectivity index (χ4v) is 1.77. The SMILES string of the molecule is NC1(CC(=O)CCCC(F)(F)F)CCC1. The lowest BCUT2D eigenvalue weighted by molar-refractivity contribution is -0.137. The van der Waals surface area contributed by atoms with Crippen molar-refractivity contribution in [1.29, 1.82) is 0 Å². The second-order valence-electron chi connectivity index (χ2n) is 4.40. The molecule has 0 aromatic carbocycles. The molecule has 0 bridgehead atoms. The first-order chi connectivity index (χ1) is 6.81.